The molecule has 3 rings (SSSR count). The maximum Gasteiger partial charge on any atom is 0.269 e. The summed E-state index contributed by atoms with van der Waals surface area (Å²) in [4.78, 5) is 22.7. The van der Waals surface area contributed by atoms with Crippen LogP contribution in [0.15, 0.2) is 48.5 Å². The van der Waals surface area contributed by atoms with Crippen LogP contribution >= 0.6 is 0 Å². The van der Waals surface area contributed by atoms with Crippen molar-refractivity contribution in [3.8, 4) is 0 Å². The molecule has 2 aromatic carbocycles. The number of carbonyl (C=O) groups is 1. The Morgan fingerprint density at radius 1 is 1.10 bits per heavy atom. The van der Waals surface area contributed by atoms with Gasteiger partial charge in [0.25, 0.3) is 11.6 Å². The van der Waals surface area contributed by atoms with Crippen molar-refractivity contribution < 1.29 is 9.72 Å². The van der Waals surface area contributed by atoms with E-state index in [1.807, 2.05) is 12.1 Å². The number of fused-ring (bicyclic) bond motifs is 1. The van der Waals surface area contributed by atoms with Gasteiger partial charge in [-0.15, -0.1) is 0 Å². The summed E-state index contributed by atoms with van der Waals surface area (Å²) in [5.41, 5.74) is 0.983. The molecule has 0 fully saturated rings. The summed E-state index contributed by atoms with van der Waals surface area (Å²) >= 11 is 0. The van der Waals surface area contributed by atoms with Crippen LogP contribution in [0.1, 0.15) is 22.8 Å². The fourth-order valence-electron chi connectivity index (χ4n) is 2.46. The summed E-state index contributed by atoms with van der Waals surface area (Å²) in [5.74, 6) is -0.210. The Bertz CT molecular complexity index is 744. The Balaban J connectivity index is 2.05. The van der Waals surface area contributed by atoms with Crippen molar-refractivity contribution in [2.75, 3.05) is 5.32 Å². The second kappa shape index (κ2) is 4.59. The van der Waals surface area contributed by atoms with Crippen LogP contribution in [0, 0.1) is 10.1 Å². The number of para-hydroxylation sites is 1. The van der Waals surface area contributed by atoms with Gasteiger partial charge in [-0.05, 0) is 19.1 Å². The number of nitrogens with zero attached hydrogens (tertiary/aromatic N) is 1. The van der Waals surface area contributed by atoms with Gasteiger partial charge in [0, 0.05) is 23.4 Å². The topological polar surface area (TPSA) is 84.3 Å². The number of nitrogens with one attached hydrogen (secondary N) is 2. The standard InChI is InChI=1S/C15H13N3O3/c1-15(10-5-4-6-11(9-10)18(20)21)16-13-8-3-2-7-12(13)14(19)17-15/h2-9,16H,1H3,(H,17,19). The predicted octanol–water partition coefficient (Wildman–Crippen LogP) is 2.62. The summed E-state index contributed by atoms with van der Waals surface area (Å²) in [6.45, 7) is 1.78. The number of carbonyl (C=O) groups excluding carboxylic acids is 1. The van der Waals surface area contributed by atoms with E-state index in [0.717, 1.165) is 0 Å². The number of non-ortho nitro benzene ring substituents is 1. The SMILES string of the molecule is CC1(c2cccc([N+](=O)[O-])c2)NC(=O)c2ccccc2N1. The van der Waals surface area contributed by atoms with E-state index >= 15 is 0 Å². The number of hydrogen-bond donors (Lipinski definition) is 2. The van der Waals surface area contributed by atoms with Gasteiger partial charge in [0.15, 0.2) is 0 Å². The molecule has 0 bridgehead atoms. The van der Waals surface area contributed by atoms with E-state index in [4.69, 9.17) is 0 Å². The number of benzene rings is 2. The zero-order valence-corrected chi connectivity index (χ0v) is 11.3. The molecule has 0 radical (unpaired) electrons. The number of nitro groups is 1. The fourth-order valence-corrected chi connectivity index (χ4v) is 2.46. The van der Waals surface area contributed by atoms with E-state index in [1.165, 1.54) is 12.1 Å². The van der Waals surface area contributed by atoms with E-state index in [1.54, 1.807) is 31.2 Å². The highest BCUT2D eigenvalue weighted by Crippen LogP contribution is 2.31. The second-order valence-electron chi connectivity index (χ2n) is 5.06. The van der Waals surface area contributed by atoms with Gasteiger partial charge < -0.3 is 10.6 Å². The van der Waals surface area contributed by atoms with Crippen molar-refractivity contribution in [2.24, 2.45) is 0 Å². The molecule has 1 aliphatic rings. The Morgan fingerprint density at radius 2 is 1.86 bits per heavy atom. The lowest BCUT2D eigenvalue weighted by molar-refractivity contribution is -0.385. The van der Waals surface area contributed by atoms with Gasteiger partial charge in [0.05, 0.1) is 10.5 Å². The monoisotopic (exact) mass is 283 g/mol. The molecule has 0 aromatic heterocycles. The average Bonchev–Trinajstić information content (AvgIpc) is 2.47. The normalized spacial score (nSPS) is 20.1. The van der Waals surface area contributed by atoms with Crippen molar-refractivity contribution in [2.45, 2.75) is 12.6 Å². The van der Waals surface area contributed by atoms with E-state index in [2.05, 4.69) is 10.6 Å². The molecule has 21 heavy (non-hydrogen) atoms. The van der Waals surface area contributed by atoms with Crippen LogP contribution in [0.2, 0.25) is 0 Å². The summed E-state index contributed by atoms with van der Waals surface area (Å²) in [5, 5.41) is 17.0. The molecular formula is C15H13N3O3. The molecule has 0 aliphatic carbocycles. The van der Waals surface area contributed by atoms with Crippen molar-refractivity contribution in [1.82, 2.24) is 5.32 Å². The molecule has 0 saturated carbocycles. The molecule has 106 valence electrons. The summed E-state index contributed by atoms with van der Waals surface area (Å²) in [6.07, 6.45) is 0. The third kappa shape index (κ3) is 2.20. The van der Waals surface area contributed by atoms with Crippen LogP contribution in [0.4, 0.5) is 11.4 Å². The van der Waals surface area contributed by atoms with E-state index in [-0.39, 0.29) is 11.6 Å². The molecule has 1 amide bonds. The summed E-state index contributed by atoms with van der Waals surface area (Å²) in [7, 11) is 0. The van der Waals surface area contributed by atoms with Crippen molar-refractivity contribution in [3.05, 3.63) is 69.8 Å². The van der Waals surface area contributed by atoms with Crippen molar-refractivity contribution in [3.63, 3.8) is 0 Å². The zero-order chi connectivity index (χ0) is 15.0. The number of rotatable bonds is 2. The highest BCUT2D eigenvalue weighted by Gasteiger charge is 2.35. The molecule has 1 atom stereocenters. The van der Waals surface area contributed by atoms with Gasteiger partial charge in [-0.25, -0.2) is 0 Å². The van der Waals surface area contributed by atoms with Crippen LogP contribution in [-0.2, 0) is 5.66 Å². The van der Waals surface area contributed by atoms with Gasteiger partial charge in [-0.2, -0.15) is 0 Å². The van der Waals surface area contributed by atoms with Crippen molar-refractivity contribution >= 4 is 17.3 Å². The number of hydrogen-bond acceptors (Lipinski definition) is 4. The first-order valence-corrected chi connectivity index (χ1v) is 6.44. The molecule has 2 N–H and O–H groups in total. The smallest absolute Gasteiger partial charge is 0.269 e. The molecule has 0 saturated heterocycles. The second-order valence-corrected chi connectivity index (χ2v) is 5.06. The quantitative estimate of drug-likeness (QED) is 0.655. The van der Waals surface area contributed by atoms with Gasteiger partial charge in [-0.1, -0.05) is 24.3 Å². The first-order chi connectivity index (χ1) is 9.99. The van der Waals surface area contributed by atoms with Gasteiger partial charge in [0.1, 0.15) is 5.66 Å². The van der Waals surface area contributed by atoms with Crippen molar-refractivity contribution in [1.29, 1.82) is 0 Å². The zero-order valence-electron chi connectivity index (χ0n) is 11.3. The Hall–Kier alpha value is -2.89. The van der Waals surface area contributed by atoms with E-state index < -0.39 is 10.6 Å². The van der Waals surface area contributed by atoms with E-state index in [0.29, 0.717) is 16.8 Å². The predicted molar refractivity (Wildman–Crippen MR) is 78.0 cm³/mol. The Morgan fingerprint density at radius 3 is 2.62 bits per heavy atom. The molecule has 0 spiro atoms. The third-order valence-corrected chi connectivity index (χ3v) is 3.55. The first kappa shape index (κ1) is 13.1. The molecule has 1 heterocycles. The van der Waals surface area contributed by atoms with Gasteiger partial charge in [-0.3, -0.25) is 14.9 Å². The molecule has 2 aromatic rings. The fraction of sp³-hybridized carbons (Fsp3) is 0.133. The molecule has 6 heteroatoms. The van der Waals surface area contributed by atoms with Crippen LogP contribution in [-0.4, -0.2) is 10.8 Å². The number of amides is 1. The Kier molecular flexibility index (Phi) is 2.86. The average molecular weight is 283 g/mol. The van der Waals surface area contributed by atoms with Crippen LogP contribution in [0.5, 0.6) is 0 Å². The summed E-state index contributed by atoms with van der Waals surface area (Å²) < 4.78 is 0. The third-order valence-electron chi connectivity index (χ3n) is 3.55. The highest BCUT2D eigenvalue weighted by molar-refractivity contribution is 6.02. The van der Waals surface area contributed by atoms with Crippen LogP contribution in [0.25, 0.3) is 0 Å². The van der Waals surface area contributed by atoms with Gasteiger partial charge >= 0.3 is 0 Å². The summed E-state index contributed by atoms with van der Waals surface area (Å²) in [6, 6.07) is 13.4. The van der Waals surface area contributed by atoms with Crippen LogP contribution < -0.4 is 10.6 Å². The highest BCUT2D eigenvalue weighted by atomic mass is 16.6. The Labute approximate surface area is 120 Å². The number of nitro benzene ring substituents is 1. The number of anilines is 1. The van der Waals surface area contributed by atoms with Crippen LogP contribution in [0.3, 0.4) is 0 Å². The maximum absolute atomic E-state index is 12.2. The van der Waals surface area contributed by atoms with E-state index in [9.17, 15) is 14.9 Å². The molecule has 1 aliphatic heterocycles. The first-order valence-electron chi connectivity index (χ1n) is 6.44. The molecule has 6 nitrogen and oxygen atoms in total. The largest absolute Gasteiger partial charge is 0.359 e. The minimum atomic E-state index is -0.891. The molecular weight excluding hydrogens is 270 g/mol. The molecule has 1 unspecified atom stereocenters. The van der Waals surface area contributed by atoms with Gasteiger partial charge in [0.2, 0.25) is 0 Å². The lowest BCUT2D eigenvalue weighted by atomic mass is 9.96. The maximum atomic E-state index is 12.2. The minimum Gasteiger partial charge on any atom is -0.359 e. The lowest BCUT2D eigenvalue weighted by Gasteiger charge is -2.37. The minimum absolute atomic E-state index is 0.0105. The lowest BCUT2D eigenvalue weighted by Crippen LogP contribution is -2.52.